The van der Waals surface area contributed by atoms with Crippen molar-refractivity contribution in [2.75, 3.05) is 5.32 Å². The first-order valence-electron chi connectivity index (χ1n) is 9.68. The number of aryl methyl sites for hydroxylation is 1. The van der Waals surface area contributed by atoms with Crippen molar-refractivity contribution in [2.24, 2.45) is 0 Å². The topological polar surface area (TPSA) is 71.4 Å². The second-order valence-corrected chi connectivity index (χ2v) is 7.56. The van der Waals surface area contributed by atoms with E-state index in [1.165, 1.54) is 6.07 Å². The number of aromatic amines is 1. The molecule has 6 nitrogen and oxygen atoms in total. The van der Waals surface area contributed by atoms with Crippen molar-refractivity contribution < 1.29 is 4.39 Å². The first-order chi connectivity index (χ1) is 13.4. The third-order valence-electron chi connectivity index (χ3n) is 5.17. The van der Waals surface area contributed by atoms with E-state index in [1.807, 2.05) is 19.2 Å². The number of fused-ring (bicyclic) bond motifs is 2. The van der Waals surface area contributed by atoms with Crippen molar-refractivity contribution in [3.63, 3.8) is 0 Å². The fourth-order valence-electron chi connectivity index (χ4n) is 3.61. The maximum Gasteiger partial charge on any atom is 0.224 e. The van der Waals surface area contributed by atoms with Gasteiger partial charge in [0.1, 0.15) is 17.0 Å². The highest BCUT2D eigenvalue weighted by Gasteiger charge is 2.17. The summed E-state index contributed by atoms with van der Waals surface area (Å²) in [7, 11) is 0. The monoisotopic (exact) mass is 380 g/mol. The van der Waals surface area contributed by atoms with Crippen LogP contribution >= 0.6 is 0 Å². The first kappa shape index (κ1) is 18.4. The van der Waals surface area contributed by atoms with Crippen LogP contribution in [0.15, 0.2) is 24.5 Å². The van der Waals surface area contributed by atoms with Crippen LogP contribution in [0.2, 0.25) is 0 Å². The normalized spacial score (nSPS) is 13.0. The summed E-state index contributed by atoms with van der Waals surface area (Å²) in [5, 5.41) is 4.14. The summed E-state index contributed by atoms with van der Waals surface area (Å²) < 4.78 is 16.9. The molecular formula is C21H25FN6. The SMILES string of the molecule is CCC(C)Nc1ncc2c(-c3cc(F)c4nc(C)n(C(C)C)c4c3)c[nH]c2n1. The summed E-state index contributed by atoms with van der Waals surface area (Å²) in [6.45, 7) is 10.3. The van der Waals surface area contributed by atoms with Crippen molar-refractivity contribution in [2.45, 2.75) is 53.1 Å². The lowest BCUT2D eigenvalue weighted by Crippen LogP contribution is -2.15. The summed E-state index contributed by atoms with van der Waals surface area (Å²) in [5.74, 6) is 1.08. The number of nitrogens with zero attached hydrogens (tertiary/aromatic N) is 4. The summed E-state index contributed by atoms with van der Waals surface area (Å²) in [6.07, 6.45) is 4.63. The van der Waals surface area contributed by atoms with E-state index in [1.54, 1.807) is 6.20 Å². The second-order valence-electron chi connectivity index (χ2n) is 7.56. The number of hydrogen-bond acceptors (Lipinski definition) is 4. The Balaban J connectivity index is 1.83. The van der Waals surface area contributed by atoms with E-state index in [-0.39, 0.29) is 11.9 Å². The number of H-pyrrole nitrogens is 1. The lowest BCUT2D eigenvalue weighted by Gasteiger charge is -2.12. The van der Waals surface area contributed by atoms with Crippen LogP contribution in [0.1, 0.15) is 46.0 Å². The Morgan fingerprint density at radius 3 is 2.71 bits per heavy atom. The molecule has 4 aromatic rings. The largest absolute Gasteiger partial charge is 0.352 e. The van der Waals surface area contributed by atoms with E-state index in [0.717, 1.165) is 39.9 Å². The molecule has 3 aromatic heterocycles. The standard InChI is InChI=1S/C21H25FN6/c1-6-12(4)25-21-24-10-16-15(9-23-20(16)27-21)14-7-17(22)19-18(8-14)28(11(2)3)13(5)26-19/h7-12H,6H2,1-5H3,(H2,23,24,25,27). The van der Waals surface area contributed by atoms with Gasteiger partial charge in [0.15, 0.2) is 5.82 Å². The Kier molecular flexibility index (Phi) is 4.53. The van der Waals surface area contributed by atoms with Gasteiger partial charge in [0.05, 0.1) is 5.52 Å². The van der Waals surface area contributed by atoms with Crippen molar-refractivity contribution >= 4 is 28.0 Å². The van der Waals surface area contributed by atoms with Crippen LogP contribution in [0.3, 0.4) is 0 Å². The van der Waals surface area contributed by atoms with Gasteiger partial charge >= 0.3 is 0 Å². The number of imidazole rings is 1. The number of hydrogen-bond donors (Lipinski definition) is 2. The molecule has 0 amide bonds. The number of anilines is 1. The number of rotatable bonds is 5. The van der Waals surface area contributed by atoms with Crippen molar-refractivity contribution in [3.05, 3.63) is 36.2 Å². The quantitative estimate of drug-likeness (QED) is 0.498. The van der Waals surface area contributed by atoms with Gasteiger partial charge in [-0.1, -0.05) is 6.92 Å². The molecule has 0 saturated heterocycles. The smallest absolute Gasteiger partial charge is 0.224 e. The summed E-state index contributed by atoms with van der Waals surface area (Å²) in [6, 6.07) is 4.02. The Labute approximate surface area is 163 Å². The second kappa shape index (κ2) is 6.89. The minimum Gasteiger partial charge on any atom is -0.352 e. The molecule has 0 aliphatic carbocycles. The van der Waals surface area contributed by atoms with Crippen LogP contribution in [0.5, 0.6) is 0 Å². The molecule has 0 aliphatic rings. The molecule has 3 heterocycles. The zero-order valence-electron chi connectivity index (χ0n) is 16.8. The van der Waals surface area contributed by atoms with E-state index in [2.05, 4.69) is 57.5 Å². The molecule has 1 unspecified atom stereocenters. The molecule has 2 N–H and O–H groups in total. The van der Waals surface area contributed by atoms with Crippen LogP contribution < -0.4 is 5.32 Å². The van der Waals surface area contributed by atoms with E-state index >= 15 is 0 Å². The Hall–Kier alpha value is -2.96. The molecule has 1 atom stereocenters. The minimum absolute atomic E-state index is 0.195. The Morgan fingerprint density at radius 1 is 1.21 bits per heavy atom. The van der Waals surface area contributed by atoms with Gasteiger partial charge in [-0.25, -0.2) is 14.4 Å². The maximum atomic E-state index is 14.8. The van der Waals surface area contributed by atoms with E-state index < -0.39 is 0 Å². The molecule has 4 rings (SSSR count). The van der Waals surface area contributed by atoms with Gasteiger partial charge in [-0.3, -0.25) is 0 Å². The van der Waals surface area contributed by atoms with Gasteiger partial charge < -0.3 is 14.9 Å². The third kappa shape index (κ3) is 3.00. The average Bonchev–Trinajstić information content (AvgIpc) is 3.21. The number of benzene rings is 1. The van der Waals surface area contributed by atoms with Crippen LogP contribution in [-0.2, 0) is 0 Å². The third-order valence-corrected chi connectivity index (χ3v) is 5.17. The first-order valence-corrected chi connectivity index (χ1v) is 9.68. The van der Waals surface area contributed by atoms with E-state index in [4.69, 9.17) is 0 Å². The van der Waals surface area contributed by atoms with Crippen molar-refractivity contribution in [1.82, 2.24) is 24.5 Å². The van der Waals surface area contributed by atoms with Crippen LogP contribution in [0.25, 0.3) is 33.2 Å². The molecule has 28 heavy (non-hydrogen) atoms. The summed E-state index contributed by atoms with van der Waals surface area (Å²) in [4.78, 5) is 16.6. The lowest BCUT2D eigenvalue weighted by molar-refractivity contribution is 0.600. The fraction of sp³-hybridized carbons (Fsp3) is 0.381. The fourth-order valence-corrected chi connectivity index (χ4v) is 3.61. The number of nitrogens with one attached hydrogen (secondary N) is 2. The van der Waals surface area contributed by atoms with Crippen molar-refractivity contribution in [1.29, 1.82) is 0 Å². The molecule has 0 fully saturated rings. The van der Waals surface area contributed by atoms with Gasteiger partial charge in [0.2, 0.25) is 5.95 Å². The molecular weight excluding hydrogens is 355 g/mol. The van der Waals surface area contributed by atoms with Gasteiger partial charge in [-0.05, 0) is 51.8 Å². The summed E-state index contributed by atoms with van der Waals surface area (Å²) in [5.41, 5.74) is 3.59. The zero-order valence-corrected chi connectivity index (χ0v) is 16.8. The van der Waals surface area contributed by atoms with Gasteiger partial charge in [-0.15, -0.1) is 0 Å². The van der Waals surface area contributed by atoms with Crippen LogP contribution in [0.4, 0.5) is 10.3 Å². The Morgan fingerprint density at radius 2 is 2.00 bits per heavy atom. The molecule has 146 valence electrons. The highest BCUT2D eigenvalue weighted by molar-refractivity contribution is 5.96. The highest BCUT2D eigenvalue weighted by Crippen LogP contribution is 2.33. The molecule has 0 aliphatic heterocycles. The van der Waals surface area contributed by atoms with E-state index in [0.29, 0.717) is 17.5 Å². The molecule has 0 bridgehead atoms. The van der Waals surface area contributed by atoms with Gasteiger partial charge in [0.25, 0.3) is 0 Å². The molecule has 0 saturated carbocycles. The van der Waals surface area contributed by atoms with Crippen LogP contribution in [0, 0.1) is 12.7 Å². The predicted molar refractivity (Wildman–Crippen MR) is 111 cm³/mol. The van der Waals surface area contributed by atoms with Crippen LogP contribution in [-0.4, -0.2) is 30.5 Å². The predicted octanol–water partition coefficient (Wildman–Crippen LogP) is 5.21. The van der Waals surface area contributed by atoms with Gasteiger partial charge in [0, 0.05) is 35.4 Å². The minimum atomic E-state index is -0.319. The lowest BCUT2D eigenvalue weighted by atomic mass is 10.1. The molecule has 7 heteroatoms. The maximum absolute atomic E-state index is 14.8. The molecule has 0 spiro atoms. The van der Waals surface area contributed by atoms with E-state index in [9.17, 15) is 4.39 Å². The number of halogens is 1. The molecule has 1 aromatic carbocycles. The Bertz CT molecular complexity index is 1160. The highest BCUT2D eigenvalue weighted by atomic mass is 19.1. The van der Waals surface area contributed by atoms with Crippen molar-refractivity contribution in [3.8, 4) is 11.1 Å². The zero-order chi connectivity index (χ0) is 20.0. The van der Waals surface area contributed by atoms with Gasteiger partial charge in [-0.2, -0.15) is 4.98 Å². The molecule has 0 radical (unpaired) electrons. The average molecular weight is 380 g/mol. The number of aromatic nitrogens is 5. The summed E-state index contributed by atoms with van der Waals surface area (Å²) >= 11 is 0.